The molecule has 1 unspecified atom stereocenters. The summed E-state index contributed by atoms with van der Waals surface area (Å²) in [7, 11) is 0. The highest BCUT2D eigenvalue weighted by atomic mass is 16.1. The largest absolute Gasteiger partial charge is 0.399 e. The number of nitrogen functional groups attached to an aromatic ring is 1. The number of benzene rings is 1. The maximum Gasteiger partial charge on any atom is 0.244 e. The zero-order chi connectivity index (χ0) is 13.0. The van der Waals surface area contributed by atoms with Crippen molar-refractivity contribution in [1.29, 1.82) is 0 Å². The predicted molar refractivity (Wildman–Crippen MR) is 74.8 cm³/mol. The Morgan fingerprint density at radius 3 is 2.61 bits per heavy atom. The Kier molecular flexibility index (Phi) is 4.03. The number of anilines is 1. The van der Waals surface area contributed by atoms with Crippen molar-refractivity contribution in [3.63, 3.8) is 0 Å². The lowest BCUT2D eigenvalue weighted by Crippen LogP contribution is -2.39. The number of carbonyl (C=O) groups excluding carboxylic acids is 1. The highest BCUT2D eigenvalue weighted by Crippen LogP contribution is 2.29. The van der Waals surface area contributed by atoms with Gasteiger partial charge in [-0.25, -0.2) is 0 Å². The molecular weight excluding hydrogens is 224 g/mol. The summed E-state index contributed by atoms with van der Waals surface area (Å²) in [5, 5.41) is 3.01. The zero-order valence-corrected chi connectivity index (χ0v) is 10.7. The van der Waals surface area contributed by atoms with Crippen molar-refractivity contribution in [3.05, 3.63) is 35.9 Å². The first-order valence-electron chi connectivity index (χ1n) is 6.49. The van der Waals surface area contributed by atoms with Crippen molar-refractivity contribution in [2.75, 3.05) is 5.73 Å². The lowest BCUT2D eigenvalue weighted by molar-refractivity contribution is -0.117. The molecule has 0 saturated heterocycles. The molecule has 0 radical (unpaired) electrons. The topological polar surface area (TPSA) is 55.1 Å². The average molecular weight is 244 g/mol. The van der Waals surface area contributed by atoms with Crippen LogP contribution in [0.2, 0.25) is 0 Å². The molecule has 1 aliphatic carbocycles. The Bertz CT molecular complexity index is 432. The van der Waals surface area contributed by atoms with Crippen molar-refractivity contribution in [1.82, 2.24) is 5.32 Å². The quantitative estimate of drug-likeness (QED) is 0.632. The summed E-state index contributed by atoms with van der Waals surface area (Å²) in [6.45, 7) is 2.08. The second-order valence-electron chi connectivity index (χ2n) is 4.99. The third-order valence-electron chi connectivity index (χ3n) is 3.59. The lowest BCUT2D eigenvalue weighted by Gasteiger charge is -2.31. The van der Waals surface area contributed by atoms with Crippen LogP contribution in [-0.2, 0) is 4.79 Å². The van der Waals surface area contributed by atoms with Crippen molar-refractivity contribution in [3.8, 4) is 0 Å². The van der Waals surface area contributed by atoms with E-state index >= 15 is 0 Å². The molecule has 3 nitrogen and oxygen atoms in total. The second-order valence-corrected chi connectivity index (χ2v) is 4.99. The Hall–Kier alpha value is -1.77. The molecule has 1 atom stereocenters. The summed E-state index contributed by atoms with van der Waals surface area (Å²) in [4.78, 5) is 11.7. The first-order chi connectivity index (χ1) is 8.65. The molecule has 2 rings (SSSR count). The van der Waals surface area contributed by atoms with E-state index in [0.29, 0.717) is 5.92 Å². The molecule has 0 heterocycles. The number of nitrogens with one attached hydrogen (secondary N) is 1. The van der Waals surface area contributed by atoms with Gasteiger partial charge in [0, 0.05) is 17.8 Å². The van der Waals surface area contributed by atoms with Crippen molar-refractivity contribution < 1.29 is 4.79 Å². The van der Waals surface area contributed by atoms with Gasteiger partial charge in [-0.3, -0.25) is 4.79 Å². The van der Waals surface area contributed by atoms with Crippen molar-refractivity contribution in [2.24, 2.45) is 5.92 Å². The fourth-order valence-corrected chi connectivity index (χ4v) is 2.11. The number of amides is 1. The van der Waals surface area contributed by atoms with E-state index < -0.39 is 0 Å². The summed E-state index contributed by atoms with van der Waals surface area (Å²) in [6, 6.07) is 7.73. The van der Waals surface area contributed by atoms with Crippen LogP contribution in [0.3, 0.4) is 0 Å². The summed E-state index contributed by atoms with van der Waals surface area (Å²) in [5.74, 6) is 0.644. The van der Waals surface area contributed by atoms with E-state index in [1.165, 1.54) is 19.3 Å². The van der Waals surface area contributed by atoms with Gasteiger partial charge < -0.3 is 11.1 Å². The van der Waals surface area contributed by atoms with Gasteiger partial charge in [0.2, 0.25) is 5.91 Å². The molecule has 1 fully saturated rings. The number of rotatable bonds is 4. The molecule has 0 spiro atoms. The molecule has 0 aromatic heterocycles. The second kappa shape index (κ2) is 5.71. The van der Waals surface area contributed by atoms with Gasteiger partial charge in [0.15, 0.2) is 0 Å². The van der Waals surface area contributed by atoms with Crippen LogP contribution >= 0.6 is 0 Å². The van der Waals surface area contributed by atoms with E-state index in [-0.39, 0.29) is 11.9 Å². The van der Waals surface area contributed by atoms with Gasteiger partial charge in [0.25, 0.3) is 0 Å². The molecule has 1 saturated carbocycles. The third-order valence-corrected chi connectivity index (χ3v) is 3.59. The summed E-state index contributed by atoms with van der Waals surface area (Å²) < 4.78 is 0. The SMILES string of the molecule is CC(NC(=O)/C=C/c1ccc(N)cc1)C1CCC1. The van der Waals surface area contributed by atoms with Gasteiger partial charge in [-0.15, -0.1) is 0 Å². The van der Waals surface area contributed by atoms with Crippen LogP contribution in [0.15, 0.2) is 30.3 Å². The number of nitrogens with two attached hydrogens (primary N) is 1. The summed E-state index contributed by atoms with van der Waals surface area (Å²) >= 11 is 0. The summed E-state index contributed by atoms with van der Waals surface area (Å²) in [5.41, 5.74) is 7.31. The van der Waals surface area contributed by atoms with Crippen LogP contribution in [0.5, 0.6) is 0 Å². The number of carbonyl (C=O) groups is 1. The minimum Gasteiger partial charge on any atom is -0.399 e. The van der Waals surface area contributed by atoms with E-state index in [0.717, 1.165) is 11.3 Å². The number of hydrogen-bond donors (Lipinski definition) is 2. The third kappa shape index (κ3) is 3.36. The maximum atomic E-state index is 11.7. The fraction of sp³-hybridized carbons (Fsp3) is 0.400. The lowest BCUT2D eigenvalue weighted by atomic mass is 9.80. The van der Waals surface area contributed by atoms with Crippen molar-refractivity contribution in [2.45, 2.75) is 32.2 Å². The summed E-state index contributed by atoms with van der Waals surface area (Å²) in [6.07, 6.45) is 7.17. The van der Waals surface area contributed by atoms with Crippen molar-refractivity contribution >= 4 is 17.7 Å². The predicted octanol–water partition coefficient (Wildman–Crippen LogP) is 2.59. The average Bonchev–Trinajstić information content (AvgIpc) is 2.25. The van der Waals surface area contributed by atoms with Gasteiger partial charge in [-0.05, 0) is 49.5 Å². The van der Waals surface area contributed by atoms with Gasteiger partial charge in [0.1, 0.15) is 0 Å². The Labute approximate surface area is 108 Å². The highest BCUT2D eigenvalue weighted by Gasteiger charge is 2.24. The monoisotopic (exact) mass is 244 g/mol. The Morgan fingerprint density at radius 2 is 2.06 bits per heavy atom. The molecular formula is C15H20N2O. The molecule has 18 heavy (non-hydrogen) atoms. The van der Waals surface area contributed by atoms with E-state index in [9.17, 15) is 4.79 Å². The molecule has 1 aromatic rings. The number of hydrogen-bond acceptors (Lipinski definition) is 2. The smallest absolute Gasteiger partial charge is 0.244 e. The maximum absolute atomic E-state index is 11.7. The van der Waals surface area contributed by atoms with E-state index in [4.69, 9.17) is 5.73 Å². The van der Waals surface area contributed by atoms with Crippen LogP contribution in [0.4, 0.5) is 5.69 Å². The molecule has 1 amide bonds. The van der Waals surface area contributed by atoms with Crippen LogP contribution in [0.1, 0.15) is 31.7 Å². The molecule has 3 heteroatoms. The van der Waals surface area contributed by atoms with E-state index in [1.807, 2.05) is 30.3 Å². The molecule has 96 valence electrons. The van der Waals surface area contributed by atoms with Gasteiger partial charge in [-0.2, -0.15) is 0 Å². The highest BCUT2D eigenvalue weighted by molar-refractivity contribution is 5.91. The first-order valence-corrected chi connectivity index (χ1v) is 6.49. The molecule has 3 N–H and O–H groups in total. The van der Waals surface area contributed by atoms with E-state index in [2.05, 4.69) is 12.2 Å². The zero-order valence-electron chi connectivity index (χ0n) is 10.7. The Morgan fingerprint density at radius 1 is 1.39 bits per heavy atom. The van der Waals surface area contributed by atoms with Gasteiger partial charge in [0.05, 0.1) is 0 Å². The fourth-order valence-electron chi connectivity index (χ4n) is 2.11. The Balaban J connectivity index is 1.84. The van der Waals surface area contributed by atoms with Crippen LogP contribution in [0.25, 0.3) is 6.08 Å². The normalized spacial score (nSPS) is 17.4. The minimum absolute atomic E-state index is 0.0220. The van der Waals surface area contributed by atoms with E-state index in [1.54, 1.807) is 6.08 Å². The van der Waals surface area contributed by atoms with Crippen LogP contribution in [-0.4, -0.2) is 11.9 Å². The molecule has 1 aromatic carbocycles. The van der Waals surface area contributed by atoms with Crippen LogP contribution < -0.4 is 11.1 Å². The molecule has 0 bridgehead atoms. The molecule has 1 aliphatic rings. The standard InChI is InChI=1S/C15H20N2O/c1-11(13-3-2-4-13)17-15(18)10-7-12-5-8-14(16)9-6-12/h5-11,13H,2-4,16H2,1H3,(H,17,18)/b10-7+. The van der Waals surface area contributed by atoms with Crippen LogP contribution in [0, 0.1) is 5.92 Å². The molecule has 0 aliphatic heterocycles. The van der Waals surface area contributed by atoms with Gasteiger partial charge in [-0.1, -0.05) is 18.6 Å². The first kappa shape index (κ1) is 12.7. The minimum atomic E-state index is -0.0220. The van der Waals surface area contributed by atoms with Gasteiger partial charge >= 0.3 is 0 Å².